The van der Waals surface area contributed by atoms with E-state index in [9.17, 15) is 24.0 Å². The summed E-state index contributed by atoms with van der Waals surface area (Å²) in [6.45, 7) is 18.0. The van der Waals surface area contributed by atoms with Crippen molar-refractivity contribution < 1.29 is 24.0 Å². The van der Waals surface area contributed by atoms with E-state index in [1.54, 1.807) is 4.90 Å². The quantitative estimate of drug-likeness (QED) is 0.234. The van der Waals surface area contributed by atoms with Gasteiger partial charge in [-0.1, -0.05) is 79.6 Å². The van der Waals surface area contributed by atoms with Crippen molar-refractivity contribution in [3.8, 4) is 0 Å². The number of carbonyl (C=O) groups excluding carboxylic acids is 5. The van der Waals surface area contributed by atoms with Gasteiger partial charge in [0.25, 0.3) is 5.91 Å². The fraction of sp³-hybridized carbons (Fsp3) is 0.878. The van der Waals surface area contributed by atoms with Crippen LogP contribution in [0.25, 0.3) is 0 Å². The molecule has 1 unspecified atom stereocenters. The molecule has 4 saturated carbocycles. The number of piperazine rings is 1. The number of amides is 5. The van der Waals surface area contributed by atoms with Crippen molar-refractivity contribution in [1.82, 2.24) is 30.7 Å². The summed E-state index contributed by atoms with van der Waals surface area (Å²) >= 11 is 0. The molecule has 6 fully saturated rings. The van der Waals surface area contributed by atoms with Crippen LogP contribution in [-0.2, 0) is 19.2 Å². The Kier molecular flexibility index (Phi) is 10.9. The second-order valence-electron chi connectivity index (χ2n) is 19.9. The maximum Gasteiger partial charge on any atom is 0.315 e. The van der Waals surface area contributed by atoms with Gasteiger partial charge >= 0.3 is 6.03 Å². The van der Waals surface area contributed by atoms with Gasteiger partial charge in [-0.2, -0.15) is 0 Å². The van der Waals surface area contributed by atoms with Crippen molar-refractivity contribution >= 4 is 29.5 Å². The largest absolute Gasteiger partial charge is 0.363 e. The van der Waals surface area contributed by atoms with E-state index >= 15 is 0 Å². The minimum Gasteiger partial charge on any atom is -0.363 e. The lowest BCUT2D eigenvalue weighted by molar-refractivity contribution is -0.143. The zero-order chi connectivity index (χ0) is 38.7. The molecule has 298 valence electrons. The van der Waals surface area contributed by atoms with Crippen LogP contribution in [0.5, 0.6) is 0 Å². The number of rotatable bonds is 11. The number of Topliss-reactive ketones (excluding diaryl/α,β-unsaturated/α-hetero) is 1. The fourth-order valence-electron chi connectivity index (χ4n) is 11.6. The van der Waals surface area contributed by atoms with Crippen molar-refractivity contribution in [2.24, 2.45) is 33.3 Å². The third-order valence-electron chi connectivity index (χ3n) is 15.6. The third-order valence-corrected chi connectivity index (χ3v) is 15.6. The molecule has 2 aliphatic heterocycles. The Morgan fingerprint density at radius 2 is 1.47 bits per heavy atom. The van der Waals surface area contributed by atoms with Crippen molar-refractivity contribution in [3.05, 3.63) is 0 Å². The number of fused-ring (bicyclic) bond motifs is 1. The van der Waals surface area contributed by atoms with Gasteiger partial charge in [0.2, 0.25) is 17.6 Å². The maximum absolute atomic E-state index is 15.0. The molecule has 2 spiro atoms. The first-order valence-corrected chi connectivity index (χ1v) is 20.7. The second kappa shape index (κ2) is 14.4. The molecule has 12 heteroatoms. The number of hydrogen-bond acceptors (Lipinski definition) is 7. The number of urea groups is 1. The molecule has 6 rings (SSSR count). The number of nitrogens with zero attached hydrogens (tertiary/aromatic N) is 3. The minimum atomic E-state index is -1.06. The molecule has 53 heavy (non-hydrogen) atoms. The molecule has 0 bridgehead atoms. The topological polar surface area (TPSA) is 157 Å². The van der Waals surface area contributed by atoms with E-state index in [0.717, 1.165) is 90.3 Å². The highest BCUT2D eigenvalue weighted by Gasteiger charge is 2.85. The van der Waals surface area contributed by atoms with E-state index < -0.39 is 41.1 Å². The SMILES string of the molecule is C[C@@H]1CN(CC2(NC(=O)N[C@H](C(=O)N3C[C@]4(C[C@H]3C(=O)NC(CC3CCC3)C(=O)C(N)=O)C(C)(C)C43CCC3)C(C)(C)C)CCCCC2)C[C@H](C)N1C. The molecule has 2 saturated heterocycles. The van der Waals surface area contributed by atoms with Gasteiger partial charge in [0, 0.05) is 43.7 Å². The van der Waals surface area contributed by atoms with Crippen LogP contribution in [0.15, 0.2) is 0 Å². The Morgan fingerprint density at radius 1 is 0.849 bits per heavy atom. The van der Waals surface area contributed by atoms with E-state index in [-0.39, 0.29) is 39.6 Å². The molecule has 2 heterocycles. The average molecular weight is 740 g/mol. The summed E-state index contributed by atoms with van der Waals surface area (Å²) < 4.78 is 0. The van der Waals surface area contributed by atoms with Crippen LogP contribution in [-0.4, -0.2) is 113 Å². The average Bonchev–Trinajstić information content (AvgIpc) is 3.25. The molecule has 0 aromatic carbocycles. The molecule has 0 radical (unpaired) electrons. The van der Waals surface area contributed by atoms with E-state index in [1.165, 1.54) is 0 Å². The number of primary amides is 1. The highest BCUT2D eigenvalue weighted by Crippen LogP contribution is 2.88. The number of ketones is 1. The molecule has 5 N–H and O–H groups in total. The van der Waals surface area contributed by atoms with Crippen molar-refractivity contribution in [2.45, 2.75) is 168 Å². The molecule has 4 aliphatic carbocycles. The fourth-order valence-corrected chi connectivity index (χ4v) is 11.6. The number of hydrogen-bond donors (Lipinski definition) is 4. The van der Waals surface area contributed by atoms with Crippen LogP contribution in [0.2, 0.25) is 0 Å². The third kappa shape index (κ3) is 7.13. The number of likely N-dealkylation sites (tertiary alicyclic amines) is 1. The lowest BCUT2D eigenvalue weighted by Crippen LogP contribution is -2.65. The van der Waals surface area contributed by atoms with Crippen molar-refractivity contribution in [3.63, 3.8) is 0 Å². The zero-order valence-corrected chi connectivity index (χ0v) is 33.9. The zero-order valence-electron chi connectivity index (χ0n) is 33.9. The molecule has 12 nitrogen and oxygen atoms in total. The summed E-state index contributed by atoms with van der Waals surface area (Å²) in [5, 5.41) is 9.48. The first-order chi connectivity index (χ1) is 24.8. The van der Waals surface area contributed by atoms with Crippen molar-refractivity contribution in [2.75, 3.05) is 33.2 Å². The van der Waals surface area contributed by atoms with Crippen LogP contribution in [0, 0.1) is 27.6 Å². The van der Waals surface area contributed by atoms with Gasteiger partial charge in [0.05, 0.1) is 11.6 Å². The van der Waals surface area contributed by atoms with Crippen molar-refractivity contribution in [1.29, 1.82) is 0 Å². The van der Waals surface area contributed by atoms with E-state index in [2.05, 4.69) is 60.5 Å². The van der Waals surface area contributed by atoms with Gasteiger partial charge < -0.3 is 26.6 Å². The summed E-state index contributed by atoms with van der Waals surface area (Å²) in [4.78, 5) is 75.2. The summed E-state index contributed by atoms with van der Waals surface area (Å²) in [5.74, 6) is -2.29. The molecular weight excluding hydrogens is 670 g/mol. The predicted molar refractivity (Wildman–Crippen MR) is 205 cm³/mol. The molecule has 6 aliphatic rings. The Balaban J connectivity index is 1.23. The van der Waals surface area contributed by atoms with Gasteiger partial charge in [-0.15, -0.1) is 0 Å². The summed E-state index contributed by atoms with van der Waals surface area (Å²) in [6.07, 6.45) is 12.1. The van der Waals surface area contributed by atoms with Gasteiger partial charge in [0.1, 0.15) is 12.1 Å². The normalized spacial score (nSPS) is 31.9. The smallest absolute Gasteiger partial charge is 0.315 e. The Labute approximate surface area is 317 Å². The first-order valence-electron chi connectivity index (χ1n) is 20.7. The van der Waals surface area contributed by atoms with E-state index in [4.69, 9.17) is 5.73 Å². The van der Waals surface area contributed by atoms with Crippen LogP contribution in [0.3, 0.4) is 0 Å². The lowest BCUT2D eigenvalue weighted by Gasteiger charge is -2.48. The monoisotopic (exact) mass is 740 g/mol. The molecular formula is C41H69N7O5. The molecule has 0 aromatic heterocycles. The Morgan fingerprint density at radius 3 is 1.96 bits per heavy atom. The number of carbonyl (C=O) groups is 5. The summed E-state index contributed by atoms with van der Waals surface area (Å²) in [7, 11) is 2.18. The maximum atomic E-state index is 15.0. The second-order valence-corrected chi connectivity index (χ2v) is 19.9. The minimum absolute atomic E-state index is 0.0617. The number of nitrogens with two attached hydrogens (primary N) is 1. The Hall–Kier alpha value is -2.73. The summed E-state index contributed by atoms with van der Waals surface area (Å²) in [6, 6.07) is -2.24. The van der Waals surface area contributed by atoms with Gasteiger partial charge in [-0.3, -0.25) is 29.0 Å². The predicted octanol–water partition coefficient (Wildman–Crippen LogP) is 3.95. The summed E-state index contributed by atoms with van der Waals surface area (Å²) in [5.41, 5.74) is 4.17. The van der Waals surface area contributed by atoms with Gasteiger partial charge in [-0.05, 0) is 81.6 Å². The van der Waals surface area contributed by atoms with Crippen LogP contribution < -0.4 is 21.7 Å². The van der Waals surface area contributed by atoms with Gasteiger partial charge in [-0.25, -0.2) is 4.79 Å². The van der Waals surface area contributed by atoms with Crippen LogP contribution in [0.4, 0.5) is 4.79 Å². The Bertz CT molecular complexity index is 1430. The first kappa shape index (κ1) is 39.9. The lowest BCUT2D eigenvalue weighted by atomic mass is 9.73. The van der Waals surface area contributed by atoms with E-state index in [0.29, 0.717) is 31.5 Å². The number of nitrogens with one attached hydrogen (secondary N) is 3. The molecule has 6 atom stereocenters. The van der Waals surface area contributed by atoms with E-state index in [1.807, 2.05) is 20.8 Å². The molecule has 0 aromatic rings. The highest BCUT2D eigenvalue weighted by atomic mass is 16.2. The van der Waals surface area contributed by atoms with Crippen LogP contribution in [0.1, 0.15) is 132 Å². The van der Waals surface area contributed by atoms with Crippen LogP contribution >= 0.6 is 0 Å². The molecule has 5 amide bonds. The standard InChI is InChI=1S/C41H69N7O5/c1-26-22-47(23-27(2)46(26)8)24-39(16-10-9-11-17-39)45-36(53)44-32(37(3,4)5)35(52)48-25-41(38(6,7)40(41)18-13-19-40)21-30(48)34(51)43-29(31(49)33(42)50)20-28-14-12-15-28/h26-30,32H,9-25H2,1-8H3,(H2,42,50)(H,43,51)(H2,44,45,53)/t26-,27+,29?,30-,32+,41+/m0/s1. The number of likely N-dealkylation sites (N-methyl/N-ethyl adjacent to an activating group) is 1. The van der Waals surface area contributed by atoms with Gasteiger partial charge in [0.15, 0.2) is 0 Å². The highest BCUT2D eigenvalue weighted by molar-refractivity contribution is 6.37.